The first-order valence-electron chi connectivity index (χ1n) is 6.18. The number of likely N-dealkylation sites (tertiary alicyclic amines) is 1. The summed E-state index contributed by atoms with van der Waals surface area (Å²) in [5.74, 6) is 0.683. The van der Waals surface area contributed by atoms with Crippen molar-refractivity contribution in [2.45, 2.75) is 45.3 Å². The third kappa shape index (κ3) is 2.48. The maximum absolute atomic E-state index is 11.9. The normalized spacial score (nSPS) is 30.1. The van der Waals surface area contributed by atoms with Crippen molar-refractivity contribution >= 4 is 6.09 Å². The van der Waals surface area contributed by atoms with Crippen molar-refractivity contribution in [3.8, 4) is 0 Å². The largest absolute Gasteiger partial charge is 0.444 e. The van der Waals surface area contributed by atoms with Gasteiger partial charge in [-0.05, 0) is 46.1 Å². The SMILES string of the molecule is CC(C)(C)OC(=O)N1CC2CCCNCC21. The van der Waals surface area contributed by atoms with Gasteiger partial charge in [-0.15, -0.1) is 0 Å². The molecule has 0 saturated carbocycles. The summed E-state index contributed by atoms with van der Waals surface area (Å²) in [5.41, 5.74) is -0.389. The van der Waals surface area contributed by atoms with E-state index in [0.29, 0.717) is 12.0 Å². The molecule has 0 spiro atoms. The van der Waals surface area contributed by atoms with Gasteiger partial charge >= 0.3 is 6.09 Å². The smallest absolute Gasteiger partial charge is 0.410 e. The van der Waals surface area contributed by atoms with Gasteiger partial charge in [0.2, 0.25) is 0 Å². The molecule has 1 N–H and O–H groups in total. The number of rotatable bonds is 0. The molecular weight excluding hydrogens is 204 g/mol. The molecule has 16 heavy (non-hydrogen) atoms. The fraction of sp³-hybridized carbons (Fsp3) is 0.917. The van der Waals surface area contributed by atoms with E-state index in [1.165, 1.54) is 12.8 Å². The van der Waals surface area contributed by atoms with Crippen molar-refractivity contribution in [1.82, 2.24) is 10.2 Å². The fourth-order valence-corrected chi connectivity index (χ4v) is 2.46. The van der Waals surface area contributed by atoms with Crippen LogP contribution in [0.1, 0.15) is 33.6 Å². The van der Waals surface area contributed by atoms with E-state index in [9.17, 15) is 4.79 Å². The lowest BCUT2D eigenvalue weighted by Gasteiger charge is -2.47. The van der Waals surface area contributed by atoms with Crippen LogP contribution in [0.5, 0.6) is 0 Å². The third-order valence-electron chi connectivity index (χ3n) is 3.29. The molecular formula is C12H22N2O2. The molecule has 0 aliphatic carbocycles. The summed E-state index contributed by atoms with van der Waals surface area (Å²) in [6, 6.07) is 0.359. The number of nitrogens with one attached hydrogen (secondary N) is 1. The predicted molar refractivity (Wildman–Crippen MR) is 62.3 cm³/mol. The Morgan fingerprint density at radius 1 is 1.44 bits per heavy atom. The first kappa shape index (κ1) is 11.7. The predicted octanol–water partition coefficient (Wildman–Crippen LogP) is 1.61. The number of carbonyl (C=O) groups is 1. The minimum atomic E-state index is -0.389. The Morgan fingerprint density at radius 3 is 2.88 bits per heavy atom. The van der Waals surface area contributed by atoms with E-state index < -0.39 is 0 Å². The lowest BCUT2D eigenvalue weighted by atomic mass is 9.86. The van der Waals surface area contributed by atoms with Gasteiger partial charge in [-0.1, -0.05) is 0 Å². The molecule has 92 valence electrons. The van der Waals surface area contributed by atoms with Crippen LogP contribution in [-0.2, 0) is 4.74 Å². The van der Waals surface area contributed by atoms with Crippen molar-refractivity contribution in [2.75, 3.05) is 19.6 Å². The highest BCUT2D eigenvalue weighted by atomic mass is 16.6. The Bertz CT molecular complexity index is 273. The lowest BCUT2D eigenvalue weighted by Crippen LogP contribution is -2.61. The van der Waals surface area contributed by atoms with Crippen LogP contribution in [0.3, 0.4) is 0 Å². The molecule has 2 saturated heterocycles. The summed E-state index contributed by atoms with van der Waals surface area (Å²) in [6.45, 7) is 8.61. The molecule has 4 heteroatoms. The van der Waals surface area contributed by atoms with E-state index in [0.717, 1.165) is 19.6 Å². The minimum absolute atomic E-state index is 0.155. The highest BCUT2D eigenvalue weighted by Gasteiger charge is 2.43. The second kappa shape index (κ2) is 4.24. The quantitative estimate of drug-likeness (QED) is 0.682. The van der Waals surface area contributed by atoms with E-state index in [4.69, 9.17) is 4.74 Å². The minimum Gasteiger partial charge on any atom is -0.444 e. The highest BCUT2D eigenvalue weighted by molar-refractivity contribution is 5.69. The van der Waals surface area contributed by atoms with Gasteiger partial charge in [-0.2, -0.15) is 0 Å². The lowest BCUT2D eigenvalue weighted by molar-refractivity contribution is -0.0285. The molecule has 0 aromatic rings. The summed E-state index contributed by atoms with van der Waals surface area (Å²) in [5, 5.41) is 3.38. The number of amides is 1. The van der Waals surface area contributed by atoms with Crippen LogP contribution in [0.4, 0.5) is 4.79 Å². The molecule has 1 amide bonds. The van der Waals surface area contributed by atoms with Gasteiger partial charge in [0.25, 0.3) is 0 Å². The van der Waals surface area contributed by atoms with Gasteiger partial charge in [0.05, 0.1) is 6.04 Å². The first-order chi connectivity index (χ1) is 7.47. The van der Waals surface area contributed by atoms with Crippen molar-refractivity contribution in [3.63, 3.8) is 0 Å². The van der Waals surface area contributed by atoms with Crippen LogP contribution >= 0.6 is 0 Å². The summed E-state index contributed by atoms with van der Waals surface area (Å²) in [6.07, 6.45) is 2.30. The molecule has 2 aliphatic heterocycles. The molecule has 0 radical (unpaired) electrons. The van der Waals surface area contributed by atoms with Gasteiger partial charge in [-0.25, -0.2) is 4.79 Å². The third-order valence-corrected chi connectivity index (χ3v) is 3.29. The zero-order valence-corrected chi connectivity index (χ0v) is 10.5. The Kier molecular flexibility index (Phi) is 3.10. The molecule has 2 heterocycles. The summed E-state index contributed by atoms with van der Waals surface area (Å²) < 4.78 is 5.39. The van der Waals surface area contributed by atoms with Gasteiger partial charge in [-0.3, -0.25) is 0 Å². The molecule has 2 fully saturated rings. The molecule has 2 atom stereocenters. The van der Waals surface area contributed by atoms with E-state index in [1.807, 2.05) is 25.7 Å². The van der Waals surface area contributed by atoms with E-state index in [1.54, 1.807) is 0 Å². The zero-order chi connectivity index (χ0) is 11.8. The van der Waals surface area contributed by atoms with Crippen LogP contribution in [0.25, 0.3) is 0 Å². The maximum Gasteiger partial charge on any atom is 0.410 e. The van der Waals surface area contributed by atoms with Crippen LogP contribution in [0.2, 0.25) is 0 Å². The van der Waals surface area contributed by atoms with Crippen LogP contribution < -0.4 is 5.32 Å². The van der Waals surface area contributed by atoms with Crippen LogP contribution in [0, 0.1) is 5.92 Å². The Balaban J connectivity index is 1.90. The van der Waals surface area contributed by atoms with Gasteiger partial charge < -0.3 is 15.0 Å². The molecule has 4 nitrogen and oxygen atoms in total. The first-order valence-corrected chi connectivity index (χ1v) is 6.18. The number of hydrogen-bond acceptors (Lipinski definition) is 3. The van der Waals surface area contributed by atoms with E-state index >= 15 is 0 Å². The molecule has 2 unspecified atom stereocenters. The average Bonchev–Trinajstić information content (AvgIpc) is 2.25. The molecule has 0 aromatic carbocycles. The Hall–Kier alpha value is -0.770. The maximum atomic E-state index is 11.9. The summed E-state index contributed by atoms with van der Waals surface area (Å²) >= 11 is 0. The zero-order valence-electron chi connectivity index (χ0n) is 10.5. The van der Waals surface area contributed by atoms with Crippen molar-refractivity contribution in [2.24, 2.45) is 5.92 Å². The van der Waals surface area contributed by atoms with Gasteiger partial charge in [0, 0.05) is 13.1 Å². The monoisotopic (exact) mass is 226 g/mol. The number of fused-ring (bicyclic) bond motifs is 1. The van der Waals surface area contributed by atoms with Crippen molar-refractivity contribution < 1.29 is 9.53 Å². The van der Waals surface area contributed by atoms with Crippen LogP contribution in [0.15, 0.2) is 0 Å². The van der Waals surface area contributed by atoms with Gasteiger partial charge in [0.1, 0.15) is 5.60 Å². The number of carbonyl (C=O) groups excluding carboxylic acids is 1. The topological polar surface area (TPSA) is 41.6 Å². The second-order valence-corrected chi connectivity index (χ2v) is 5.81. The molecule has 2 rings (SSSR count). The fourth-order valence-electron chi connectivity index (χ4n) is 2.46. The van der Waals surface area contributed by atoms with Crippen molar-refractivity contribution in [3.05, 3.63) is 0 Å². The standard InChI is InChI=1S/C12H22N2O2/c1-12(2,3)16-11(15)14-8-9-5-4-6-13-7-10(9)14/h9-10,13H,4-8H2,1-3H3. The van der Waals surface area contributed by atoms with E-state index in [-0.39, 0.29) is 11.7 Å². The molecule has 2 aliphatic rings. The van der Waals surface area contributed by atoms with E-state index in [2.05, 4.69) is 5.32 Å². The number of hydrogen-bond donors (Lipinski definition) is 1. The highest BCUT2D eigenvalue weighted by Crippen LogP contribution is 2.31. The second-order valence-electron chi connectivity index (χ2n) is 5.81. The average molecular weight is 226 g/mol. The number of ether oxygens (including phenoxy) is 1. The Labute approximate surface area is 97.3 Å². The van der Waals surface area contributed by atoms with Gasteiger partial charge in [0.15, 0.2) is 0 Å². The molecule has 0 bridgehead atoms. The summed E-state index contributed by atoms with van der Waals surface area (Å²) in [7, 11) is 0. The van der Waals surface area contributed by atoms with Crippen LogP contribution in [-0.4, -0.2) is 42.3 Å². The summed E-state index contributed by atoms with van der Waals surface area (Å²) in [4.78, 5) is 13.8. The number of nitrogens with zero attached hydrogens (tertiary/aromatic N) is 1. The van der Waals surface area contributed by atoms with Crippen molar-refractivity contribution in [1.29, 1.82) is 0 Å². The molecule has 0 aromatic heterocycles. The Morgan fingerprint density at radius 2 is 2.19 bits per heavy atom.